The number of carboxylic acids is 1. The number of carbonyl (C=O) groups is 3. The summed E-state index contributed by atoms with van der Waals surface area (Å²) in [6.07, 6.45) is 1.29. The third kappa shape index (κ3) is 3.15. The van der Waals surface area contributed by atoms with E-state index in [9.17, 15) is 36.0 Å². The van der Waals surface area contributed by atoms with Gasteiger partial charge in [-0.1, -0.05) is 0 Å². The fraction of sp³-hybridized carbons (Fsp3) is 0.500. The van der Waals surface area contributed by atoms with Gasteiger partial charge in [0, 0.05) is 5.75 Å². The molecule has 2 aliphatic heterocycles. The maximum absolute atomic E-state index is 12.2. The largest absolute Gasteiger partial charge is 0.497 e. The van der Waals surface area contributed by atoms with E-state index in [4.69, 9.17) is 5.11 Å². The molecule has 0 aromatic heterocycles. The van der Waals surface area contributed by atoms with E-state index < -0.39 is 50.3 Å². The molecule has 2 N–H and O–H groups in total. The van der Waals surface area contributed by atoms with Crippen molar-refractivity contribution in [2.45, 2.75) is 16.9 Å². The van der Waals surface area contributed by atoms with Crippen molar-refractivity contribution in [2.75, 3.05) is 11.5 Å². The topological polar surface area (TPSA) is 121 Å². The summed E-state index contributed by atoms with van der Waals surface area (Å²) < 4.78 is 58.3. The molecule has 0 bridgehead atoms. The van der Waals surface area contributed by atoms with E-state index in [0.29, 0.717) is 0 Å². The van der Waals surface area contributed by atoms with Gasteiger partial charge in [-0.2, -0.15) is 13.2 Å². The Morgan fingerprint density at radius 2 is 2.04 bits per heavy atom. The zero-order valence-electron chi connectivity index (χ0n) is 11.0. The van der Waals surface area contributed by atoms with Gasteiger partial charge in [0.2, 0.25) is 5.91 Å². The molecule has 0 aliphatic carbocycles. The lowest BCUT2D eigenvalue weighted by molar-refractivity contribution is -0.150. The lowest BCUT2D eigenvalue weighted by Crippen LogP contribution is -2.70. The Bertz CT molecular complexity index is 702. The van der Waals surface area contributed by atoms with Crippen LogP contribution in [-0.2, 0) is 24.2 Å². The molecule has 1 unspecified atom stereocenters. The van der Waals surface area contributed by atoms with Gasteiger partial charge in [-0.25, -0.2) is 13.2 Å². The van der Waals surface area contributed by atoms with Crippen LogP contribution in [0.4, 0.5) is 13.2 Å². The predicted octanol–water partition coefficient (Wildman–Crippen LogP) is -0.711. The number of carbonyl (C=O) groups excluding carboxylic acids is 2. The highest BCUT2D eigenvalue weighted by molar-refractivity contribution is 8.00. The number of hydrogen-bond acceptors (Lipinski definition) is 6. The van der Waals surface area contributed by atoms with Gasteiger partial charge in [0.1, 0.15) is 22.9 Å². The lowest BCUT2D eigenvalue weighted by Gasteiger charge is -2.48. The minimum atomic E-state index is -5.65. The van der Waals surface area contributed by atoms with Crippen LogP contribution >= 0.6 is 11.8 Å². The van der Waals surface area contributed by atoms with Crippen molar-refractivity contribution in [3.05, 3.63) is 11.8 Å². The molecule has 8 nitrogen and oxygen atoms in total. The summed E-state index contributed by atoms with van der Waals surface area (Å²) in [5.74, 6) is -5.27. The number of hydrogen-bond donors (Lipinski definition) is 2. The van der Waals surface area contributed by atoms with Crippen molar-refractivity contribution >= 4 is 39.4 Å². The second-order valence-electron chi connectivity index (χ2n) is 4.58. The van der Waals surface area contributed by atoms with E-state index in [1.807, 2.05) is 5.32 Å². The molecule has 0 aromatic carbocycles. The first-order valence-electron chi connectivity index (χ1n) is 5.92. The second kappa shape index (κ2) is 5.70. The molecule has 13 heteroatoms. The lowest BCUT2D eigenvalue weighted by atomic mass is 10.1. The highest BCUT2D eigenvalue weighted by atomic mass is 32.2. The maximum Gasteiger partial charge on any atom is 0.497 e. The first-order valence-corrected chi connectivity index (χ1v) is 8.62. The van der Waals surface area contributed by atoms with Crippen LogP contribution in [0.25, 0.3) is 0 Å². The number of β-lactam (4-membered cyclic amide) rings is 1. The van der Waals surface area contributed by atoms with Gasteiger partial charge in [-0.05, 0) is 6.08 Å². The van der Waals surface area contributed by atoms with Crippen molar-refractivity contribution in [3.63, 3.8) is 0 Å². The molecular formula is C10H9F3N2O6S2. The molecule has 2 amide bonds. The minimum Gasteiger partial charge on any atom is -0.477 e. The van der Waals surface area contributed by atoms with Crippen molar-refractivity contribution in [1.29, 1.82) is 0 Å². The Kier molecular flexibility index (Phi) is 4.36. The molecule has 2 heterocycles. The van der Waals surface area contributed by atoms with Crippen molar-refractivity contribution in [1.82, 2.24) is 10.2 Å². The molecule has 1 fully saturated rings. The Morgan fingerprint density at radius 1 is 1.43 bits per heavy atom. The number of alkyl halides is 3. The first kappa shape index (κ1) is 17.6. The van der Waals surface area contributed by atoms with Gasteiger partial charge in [0.25, 0.3) is 15.7 Å². The zero-order valence-corrected chi connectivity index (χ0v) is 12.7. The molecule has 0 radical (unpaired) electrons. The van der Waals surface area contributed by atoms with Crippen LogP contribution in [0.5, 0.6) is 0 Å². The van der Waals surface area contributed by atoms with Crippen molar-refractivity contribution in [3.8, 4) is 0 Å². The quantitative estimate of drug-likeness (QED) is 0.624. The van der Waals surface area contributed by atoms with Crippen LogP contribution in [-0.4, -0.2) is 64.6 Å². The number of carboxylic acid groups (broad SMARTS) is 1. The number of thioether (sulfide) groups is 1. The minimum absolute atomic E-state index is 0.225. The van der Waals surface area contributed by atoms with Crippen molar-refractivity contribution < 1.29 is 41.1 Å². The first-order chi connectivity index (χ1) is 10.5. The molecule has 2 rings (SSSR count). The molecule has 0 spiro atoms. The number of fused-ring (bicyclic) bond motifs is 1. The number of halogens is 3. The van der Waals surface area contributed by atoms with Gasteiger partial charge in [0.05, 0.1) is 0 Å². The van der Waals surface area contributed by atoms with Crippen LogP contribution in [0, 0.1) is 0 Å². The average Bonchev–Trinajstić information content (AvgIpc) is 2.41. The van der Waals surface area contributed by atoms with Gasteiger partial charge in [0.15, 0.2) is 0 Å². The van der Waals surface area contributed by atoms with E-state index >= 15 is 0 Å². The number of rotatable bonds is 4. The van der Waals surface area contributed by atoms with Crippen molar-refractivity contribution in [2.24, 2.45) is 0 Å². The number of nitrogens with one attached hydrogen (secondary N) is 1. The number of sulfone groups is 1. The Morgan fingerprint density at radius 3 is 2.57 bits per heavy atom. The normalized spacial score (nSPS) is 24.4. The average molecular weight is 374 g/mol. The van der Waals surface area contributed by atoms with Gasteiger partial charge in [-0.3, -0.25) is 14.5 Å². The number of amides is 2. The molecular weight excluding hydrogens is 365 g/mol. The zero-order chi connectivity index (χ0) is 17.6. The fourth-order valence-electron chi connectivity index (χ4n) is 2.01. The molecule has 0 aromatic rings. The summed E-state index contributed by atoms with van der Waals surface area (Å²) in [6.45, 7) is 0. The molecule has 2 aliphatic rings. The monoisotopic (exact) mass is 374 g/mol. The third-order valence-electron chi connectivity index (χ3n) is 3.06. The fourth-order valence-corrected chi connectivity index (χ4v) is 3.79. The summed E-state index contributed by atoms with van der Waals surface area (Å²) in [6, 6.07) is -1.26. The SMILES string of the molecule is O=C(CS(=O)(=O)C(F)(F)F)NC1C(=O)N2C(C(=O)O)=CCS[C@H]12. The molecule has 0 saturated carbocycles. The standard InChI is InChI=1S/C10H9F3N2O6S2/c11-10(12,13)23(20,21)3-5(16)14-6-7(17)15-4(9(18)19)1-2-22-8(6)15/h1,6,8H,2-3H2,(H,14,16)(H,18,19)/t6?,8-/m1/s1. The van der Waals surface area contributed by atoms with Gasteiger partial charge < -0.3 is 10.4 Å². The van der Waals surface area contributed by atoms with E-state index in [2.05, 4.69) is 0 Å². The molecule has 2 atom stereocenters. The van der Waals surface area contributed by atoms with Crippen LogP contribution < -0.4 is 5.32 Å². The second-order valence-corrected chi connectivity index (χ2v) is 7.71. The van der Waals surface area contributed by atoms with E-state index in [0.717, 1.165) is 16.7 Å². The summed E-state index contributed by atoms with van der Waals surface area (Å²) in [5, 5.41) is 10.0. The number of nitrogens with zero attached hydrogens (tertiary/aromatic N) is 1. The van der Waals surface area contributed by atoms with Crippen LogP contribution in [0.2, 0.25) is 0 Å². The smallest absolute Gasteiger partial charge is 0.477 e. The van der Waals surface area contributed by atoms with Crippen LogP contribution in [0.15, 0.2) is 11.8 Å². The summed E-state index contributed by atoms with van der Waals surface area (Å²) in [5.41, 5.74) is -5.86. The van der Waals surface area contributed by atoms with Gasteiger partial charge in [-0.15, -0.1) is 11.8 Å². The maximum atomic E-state index is 12.2. The molecule has 23 heavy (non-hydrogen) atoms. The summed E-state index contributed by atoms with van der Waals surface area (Å²) in [4.78, 5) is 35.1. The third-order valence-corrected chi connectivity index (χ3v) is 5.59. The number of aliphatic carboxylic acids is 1. The summed E-state index contributed by atoms with van der Waals surface area (Å²) in [7, 11) is -5.65. The summed E-state index contributed by atoms with van der Waals surface area (Å²) >= 11 is 1.09. The van der Waals surface area contributed by atoms with Gasteiger partial charge >= 0.3 is 11.5 Å². The Balaban J connectivity index is 2.04. The van der Waals surface area contributed by atoms with E-state index in [1.54, 1.807) is 0 Å². The van der Waals surface area contributed by atoms with E-state index in [-0.39, 0.29) is 11.4 Å². The Labute approximate surface area is 131 Å². The highest BCUT2D eigenvalue weighted by Crippen LogP contribution is 2.37. The van der Waals surface area contributed by atoms with Crippen LogP contribution in [0.3, 0.4) is 0 Å². The predicted molar refractivity (Wildman–Crippen MR) is 70.6 cm³/mol. The Hall–Kier alpha value is -1.76. The van der Waals surface area contributed by atoms with E-state index in [1.165, 1.54) is 6.08 Å². The van der Waals surface area contributed by atoms with Crippen LogP contribution in [0.1, 0.15) is 0 Å². The highest BCUT2D eigenvalue weighted by Gasteiger charge is 2.53. The molecule has 1 saturated heterocycles. The molecule has 128 valence electrons.